The predicted molar refractivity (Wildman–Crippen MR) is 101 cm³/mol. The van der Waals surface area contributed by atoms with E-state index in [1.165, 1.54) is 0 Å². The molecule has 0 saturated carbocycles. The summed E-state index contributed by atoms with van der Waals surface area (Å²) >= 11 is 0. The minimum Gasteiger partial charge on any atom is -0.382 e. The topological polar surface area (TPSA) is 64.6 Å². The summed E-state index contributed by atoms with van der Waals surface area (Å²) in [6.45, 7) is 8.78. The molecule has 2 rings (SSSR count). The molecule has 0 aromatic carbocycles. The summed E-state index contributed by atoms with van der Waals surface area (Å²) < 4.78 is 41.8. The Labute approximate surface area is 163 Å². The molecule has 2 fully saturated rings. The molecule has 0 spiro atoms. The third-order valence-corrected chi connectivity index (χ3v) is 6.13. The highest BCUT2D eigenvalue weighted by molar-refractivity contribution is 4.97. The van der Waals surface area contributed by atoms with Crippen LogP contribution in [0.1, 0.15) is 40.5 Å². The van der Waals surface area contributed by atoms with Gasteiger partial charge >= 0.3 is 0 Å². The summed E-state index contributed by atoms with van der Waals surface area (Å²) in [6, 6.07) is 0. The lowest BCUT2D eigenvalue weighted by atomic mass is 9.91. The Hall–Kier alpha value is -0.280. The number of rotatable bonds is 9. The largest absolute Gasteiger partial charge is 0.382 e. The van der Waals surface area contributed by atoms with Gasteiger partial charge in [0, 0.05) is 46.7 Å². The molecule has 0 amide bonds. The van der Waals surface area contributed by atoms with Crippen molar-refractivity contribution in [3.8, 4) is 0 Å². The van der Waals surface area contributed by atoms with Gasteiger partial charge in [0.05, 0.1) is 18.8 Å². The summed E-state index contributed by atoms with van der Waals surface area (Å²) in [5, 5.41) is 0. The second-order valence-electron chi connectivity index (χ2n) is 7.62. The van der Waals surface area contributed by atoms with Crippen molar-refractivity contribution in [1.82, 2.24) is 0 Å². The van der Waals surface area contributed by atoms with Gasteiger partial charge in [-0.15, -0.1) is 0 Å². The smallest absolute Gasteiger partial charge is 0.197 e. The van der Waals surface area contributed by atoms with Crippen LogP contribution >= 0.6 is 0 Å². The van der Waals surface area contributed by atoms with Crippen molar-refractivity contribution in [3.05, 3.63) is 0 Å². The van der Waals surface area contributed by atoms with Crippen LogP contribution in [0.3, 0.4) is 0 Å². The van der Waals surface area contributed by atoms with E-state index in [-0.39, 0.29) is 42.4 Å². The standard InChI is InChI=1S/C20H38O7/c1-9-14-12(3)18(24-8)20(10-2,26-14)27-19-13(4)16(22-6)17(23-7)15(25-19)11-21-5/h12-19H,9-11H2,1-8H3/t12-,13-,14-,15-,16-,17-,18+,19-,20+/m1/s1. The van der Waals surface area contributed by atoms with E-state index in [4.69, 9.17) is 33.2 Å². The Morgan fingerprint density at radius 3 is 2.00 bits per heavy atom. The van der Waals surface area contributed by atoms with Crippen LogP contribution in [0.4, 0.5) is 0 Å². The van der Waals surface area contributed by atoms with Crippen LogP contribution in [0.15, 0.2) is 0 Å². The van der Waals surface area contributed by atoms with Crippen molar-refractivity contribution in [2.75, 3.05) is 35.0 Å². The maximum atomic E-state index is 6.55. The third-order valence-electron chi connectivity index (χ3n) is 6.13. The first-order valence-corrected chi connectivity index (χ1v) is 10.0. The van der Waals surface area contributed by atoms with Crippen molar-refractivity contribution in [3.63, 3.8) is 0 Å². The summed E-state index contributed by atoms with van der Waals surface area (Å²) in [5.41, 5.74) is 0. The first kappa shape index (κ1) is 23.0. The third kappa shape index (κ3) is 4.34. The molecule has 2 aliphatic rings. The second-order valence-corrected chi connectivity index (χ2v) is 7.62. The van der Waals surface area contributed by atoms with Gasteiger partial charge < -0.3 is 33.2 Å². The van der Waals surface area contributed by atoms with E-state index in [0.717, 1.165) is 6.42 Å². The average molecular weight is 391 g/mol. The second kappa shape index (κ2) is 9.96. The zero-order chi connectivity index (χ0) is 20.2. The predicted octanol–water partition coefficient (Wildman–Crippen LogP) is 2.61. The summed E-state index contributed by atoms with van der Waals surface area (Å²) in [6.07, 6.45) is 0.296. The lowest BCUT2D eigenvalue weighted by Gasteiger charge is -2.47. The number of methoxy groups -OCH3 is 4. The Morgan fingerprint density at radius 1 is 0.852 bits per heavy atom. The van der Waals surface area contributed by atoms with Crippen LogP contribution < -0.4 is 0 Å². The fourth-order valence-electron chi connectivity index (χ4n) is 4.64. The molecule has 9 atom stereocenters. The number of ether oxygens (including phenoxy) is 7. The van der Waals surface area contributed by atoms with Crippen LogP contribution in [-0.4, -0.2) is 77.6 Å². The molecule has 0 bridgehead atoms. The minimum absolute atomic E-state index is 0.0476. The summed E-state index contributed by atoms with van der Waals surface area (Å²) in [5.74, 6) is -0.656. The van der Waals surface area contributed by atoms with Crippen molar-refractivity contribution in [1.29, 1.82) is 0 Å². The Morgan fingerprint density at radius 2 is 1.52 bits per heavy atom. The van der Waals surface area contributed by atoms with Gasteiger partial charge in [0.15, 0.2) is 12.1 Å². The summed E-state index contributed by atoms with van der Waals surface area (Å²) in [4.78, 5) is 0. The zero-order valence-corrected chi connectivity index (χ0v) is 18.1. The average Bonchev–Trinajstić information content (AvgIpc) is 2.95. The zero-order valence-electron chi connectivity index (χ0n) is 18.1. The van der Waals surface area contributed by atoms with E-state index < -0.39 is 12.1 Å². The molecule has 0 aromatic heterocycles. The Kier molecular flexibility index (Phi) is 8.49. The van der Waals surface area contributed by atoms with Crippen molar-refractivity contribution in [2.24, 2.45) is 11.8 Å². The van der Waals surface area contributed by atoms with E-state index in [2.05, 4.69) is 27.7 Å². The number of hydrogen-bond acceptors (Lipinski definition) is 7. The molecule has 2 aliphatic heterocycles. The first-order chi connectivity index (χ1) is 12.9. The highest BCUT2D eigenvalue weighted by Crippen LogP contribution is 2.44. The van der Waals surface area contributed by atoms with Gasteiger partial charge in [-0.25, -0.2) is 0 Å². The maximum absolute atomic E-state index is 6.55. The Balaban J connectivity index is 2.26. The van der Waals surface area contributed by atoms with E-state index in [0.29, 0.717) is 13.0 Å². The van der Waals surface area contributed by atoms with E-state index in [1.54, 1.807) is 28.4 Å². The lowest BCUT2D eigenvalue weighted by Crippen LogP contribution is -2.59. The Bertz CT molecular complexity index is 448. The van der Waals surface area contributed by atoms with Gasteiger partial charge in [0.2, 0.25) is 0 Å². The molecule has 160 valence electrons. The maximum Gasteiger partial charge on any atom is 0.197 e. The minimum atomic E-state index is -0.844. The molecule has 2 saturated heterocycles. The molecule has 7 nitrogen and oxygen atoms in total. The molecule has 0 aromatic rings. The van der Waals surface area contributed by atoms with E-state index in [1.807, 2.05) is 0 Å². The quantitative estimate of drug-likeness (QED) is 0.599. The number of hydrogen-bond donors (Lipinski definition) is 0. The fourth-order valence-corrected chi connectivity index (χ4v) is 4.64. The van der Waals surface area contributed by atoms with E-state index >= 15 is 0 Å². The van der Waals surface area contributed by atoms with E-state index in [9.17, 15) is 0 Å². The van der Waals surface area contributed by atoms with Gasteiger partial charge in [-0.2, -0.15) is 0 Å². The van der Waals surface area contributed by atoms with Gasteiger partial charge in [-0.3, -0.25) is 0 Å². The van der Waals surface area contributed by atoms with Crippen LogP contribution in [0.2, 0.25) is 0 Å². The molecule has 0 unspecified atom stereocenters. The van der Waals surface area contributed by atoms with Gasteiger partial charge in [-0.1, -0.05) is 27.7 Å². The molecule has 2 heterocycles. The van der Waals surface area contributed by atoms with Gasteiger partial charge in [0.25, 0.3) is 0 Å². The fraction of sp³-hybridized carbons (Fsp3) is 1.00. The summed E-state index contributed by atoms with van der Waals surface area (Å²) in [7, 11) is 6.72. The highest BCUT2D eigenvalue weighted by atomic mass is 16.8. The molecule has 7 heteroatoms. The molecule has 27 heavy (non-hydrogen) atoms. The first-order valence-electron chi connectivity index (χ1n) is 10.0. The molecular formula is C20H38O7. The molecule has 0 aliphatic carbocycles. The normalized spacial score (nSPS) is 45.3. The van der Waals surface area contributed by atoms with Crippen LogP contribution in [0.25, 0.3) is 0 Å². The van der Waals surface area contributed by atoms with Gasteiger partial charge in [-0.05, 0) is 6.42 Å². The van der Waals surface area contributed by atoms with Gasteiger partial charge in [0.1, 0.15) is 18.3 Å². The SMILES string of the molecule is CC[C@H]1O[C@@](CC)(O[C@H]2O[C@H](COC)[C@@H](OC)[C@H](OC)[C@H]2C)[C@@H](OC)[C@@H]1C. The molecule has 0 radical (unpaired) electrons. The van der Waals surface area contributed by atoms with Crippen molar-refractivity contribution >= 4 is 0 Å². The lowest BCUT2D eigenvalue weighted by molar-refractivity contribution is -0.373. The van der Waals surface area contributed by atoms with Crippen LogP contribution in [0, 0.1) is 11.8 Å². The highest BCUT2D eigenvalue weighted by Gasteiger charge is 2.56. The monoisotopic (exact) mass is 390 g/mol. The van der Waals surface area contributed by atoms with Crippen LogP contribution in [-0.2, 0) is 33.2 Å². The van der Waals surface area contributed by atoms with Crippen molar-refractivity contribution < 1.29 is 33.2 Å². The molecule has 0 N–H and O–H groups in total. The van der Waals surface area contributed by atoms with Crippen molar-refractivity contribution in [2.45, 2.75) is 83.1 Å². The van der Waals surface area contributed by atoms with Crippen LogP contribution in [0.5, 0.6) is 0 Å². The molecular weight excluding hydrogens is 352 g/mol.